The second-order valence-corrected chi connectivity index (χ2v) is 6.67. The predicted molar refractivity (Wildman–Crippen MR) is 64.1 cm³/mol. The molecule has 0 aliphatic heterocycles. The molecule has 1 amide bonds. The fourth-order valence-corrected chi connectivity index (χ4v) is 2.19. The maximum absolute atomic E-state index is 12.4. The first-order chi connectivity index (χ1) is 8.58. The van der Waals surface area contributed by atoms with Crippen molar-refractivity contribution in [3.63, 3.8) is 0 Å². The molecule has 10 heteroatoms. The molecule has 0 radical (unpaired) electrons. The maximum atomic E-state index is 12.4. The fraction of sp³-hybridized carbons (Fsp3) is 0.222. The molecular formula is C9H8F3NO4S2. The van der Waals surface area contributed by atoms with Gasteiger partial charge >= 0.3 is 15.3 Å². The van der Waals surface area contributed by atoms with Crippen LogP contribution in [0.1, 0.15) is 5.56 Å². The monoisotopic (exact) mass is 315 g/mol. The molecule has 0 aromatic heterocycles. The lowest BCUT2D eigenvalue weighted by molar-refractivity contribution is -0.137. The topological polar surface area (TPSA) is 83.5 Å². The van der Waals surface area contributed by atoms with E-state index >= 15 is 0 Å². The van der Waals surface area contributed by atoms with E-state index in [1.54, 1.807) is 0 Å². The van der Waals surface area contributed by atoms with E-state index in [1.807, 2.05) is 0 Å². The molecule has 0 saturated carbocycles. The molecule has 106 valence electrons. The molecular weight excluding hydrogens is 307 g/mol. The van der Waals surface area contributed by atoms with Crippen LogP contribution in [-0.2, 0) is 20.1 Å². The third kappa shape index (κ3) is 5.94. The Kier molecular flexibility index (Phi) is 4.82. The second-order valence-electron chi connectivity index (χ2n) is 3.32. The molecule has 19 heavy (non-hydrogen) atoms. The third-order valence-electron chi connectivity index (χ3n) is 1.81. The van der Waals surface area contributed by atoms with Gasteiger partial charge in [-0.05, 0) is 18.2 Å². The minimum Gasteiger partial charge on any atom is -0.325 e. The summed E-state index contributed by atoms with van der Waals surface area (Å²) in [6.07, 6.45) is -4.54. The number of anilines is 1. The normalized spacial score (nSPS) is 12.2. The molecule has 0 saturated heterocycles. The Morgan fingerprint density at radius 2 is 2.00 bits per heavy atom. The van der Waals surface area contributed by atoms with Crippen LogP contribution in [0.3, 0.4) is 0 Å². The van der Waals surface area contributed by atoms with Crippen molar-refractivity contribution in [3.05, 3.63) is 29.8 Å². The van der Waals surface area contributed by atoms with Crippen molar-refractivity contribution in [3.8, 4) is 0 Å². The molecule has 0 atom stereocenters. The van der Waals surface area contributed by atoms with E-state index in [4.69, 9.17) is 4.55 Å². The van der Waals surface area contributed by atoms with Crippen LogP contribution in [-0.4, -0.2) is 24.6 Å². The summed E-state index contributed by atoms with van der Waals surface area (Å²) in [5.41, 5.74) is -1.05. The van der Waals surface area contributed by atoms with Crippen LogP contribution in [0.4, 0.5) is 18.9 Å². The van der Waals surface area contributed by atoms with E-state index in [-0.39, 0.29) is 16.5 Å². The maximum Gasteiger partial charge on any atom is 0.416 e. The van der Waals surface area contributed by atoms with Gasteiger partial charge in [-0.3, -0.25) is 9.35 Å². The third-order valence-corrected chi connectivity index (χ3v) is 3.74. The van der Waals surface area contributed by atoms with Crippen molar-refractivity contribution in [2.24, 2.45) is 0 Å². The first-order valence-electron chi connectivity index (χ1n) is 4.67. The van der Waals surface area contributed by atoms with Crippen molar-refractivity contribution in [1.29, 1.82) is 0 Å². The molecule has 1 rings (SSSR count). The number of carbonyl (C=O) groups is 1. The van der Waals surface area contributed by atoms with Crippen molar-refractivity contribution in [2.75, 3.05) is 11.1 Å². The average molecular weight is 315 g/mol. The largest absolute Gasteiger partial charge is 0.416 e. The highest BCUT2D eigenvalue weighted by Gasteiger charge is 2.30. The van der Waals surface area contributed by atoms with Crippen molar-refractivity contribution < 1.29 is 30.9 Å². The Bertz CT molecular complexity index is 571. The number of hydrogen-bond acceptors (Lipinski definition) is 4. The number of hydrogen-bond donors (Lipinski definition) is 2. The molecule has 0 unspecified atom stereocenters. The number of rotatable bonds is 4. The van der Waals surface area contributed by atoms with Gasteiger partial charge in [0.05, 0.1) is 11.3 Å². The highest BCUT2D eigenvalue weighted by atomic mass is 33.1. The van der Waals surface area contributed by atoms with Crippen LogP contribution in [0, 0.1) is 0 Å². The lowest BCUT2D eigenvalue weighted by atomic mass is 10.2. The van der Waals surface area contributed by atoms with Gasteiger partial charge in [-0.25, -0.2) is 0 Å². The first-order valence-corrected chi connectivity index (χ1v) is 7.61. The van der Waals surface area contributed by atoms with Crippen LogP contribution < -0.4 is 5.32 Å². The van der Waals surface area contributed by atoms with Crippen LogP contribution in [0.5, 0.6) is 0 Å². The minimum absolute atomic E-state index is 0.0358. The van der Waals surface area contributed by atoms with Gasteiger partial charge in [0.15, 0.2) is 0 Å². The summed E-state index contributed by atoms with van der Waals surface area (Å²) in [4.78, 5) is 11.2. The number of halogens is 3. The van der Waals surface area contributed by atoms with E-state index in [0.717, 1.165) is 18.2 Å². The molecule has 0 aliphatic rings. The van der Waals surface area contributed by atoms with Crippen LogP contribution in [0.15, 0.2) is 24.3 Å². The van der Waals surface area contributed by atoms with Crippen LogP contribution >= 0.6 is 10.8 Å². The minimum atomic E-state index is -4.54. The highest BCUT2D eigenvalue weighted by Crippen LogP contribution is 2.30. The molecule has 1 aromatic rings. The number of carbonyl (C=O) groups excluding carboxylic acids is 1. The second kappa shape index (κ2) is 5.80. The Morgan fingerprint density at radius 3 is 2.53 bits per heavy atom. The number of alkyl halides is 3. The summed E-state index contributed by atoms with van der Waals surface area (Å²) in [6.45, 7) is 0. The van der Waals surface area contributed by atoms with E-state index in [0.29, 0.717) is 0 Å². The summed E-state index contributed by atoms with van der Waals surface area (Å²) in [6, 6.07) is 3.89. The van der Waals surface area contributed by atoms with Crippen molar-refractivity contribution >= 4 is 31.5 Å². The number of nitrogens with one attached hydrogen (secondary N) is 1. The lowest BCUT2D eigenvalue weighted by Crippen LogP contribution is -2.16. The molecule has 0 fully saturated rings. The van der Waals surface area contributed by atoms with E-state index < -0.39 is 32.5 Å². The molecule has 1 aromatic carbocycles. The van der Waals surface area contributed by atoms with E-state index in [1.165, 1.54) is 6.07 Å². The van der Waals surface area contributed by atoms with Gasteiger partial charge in [-0.1, -0.05) is 6.07 Å². The standard InChI is InChI=1S/C9H8F3NO4S2/c10-9(11,12)6-2-1-3-7(4-6)13-8(14)5-18-19(15,16)17/h1-4H,5H2,(H,13,14)(H,15,16,17). The van der Waals surface area contributed by atoms with Gasteiger partial charge in [-0.15, -0.1) is 0 Å². The smallest absolute Gasteiger partial charge is 0.325 e. The van der Waals surface area contributed by atoms with Gasteiger partial charge in [0.25, 0.3) is 0 Å². The zero-order chi connectivity index (χ0) is 14.7. The Balaban J connectivity index is 2.70. The Hall–Kier alpha value is -1.26. The molecule has 0 spiro atoms. The van der Waals surface area contributed by atoms with Crippen molar-refractivity contribution in [2.45, 2.75) is 6.18 Å². The molecule has 5 nitrogen and oxygen atoms in total. The zero-order valence-corrected chi connectivity index (χ0v) is 10.8. The Labute approximate surface area is 110 Å². The van der Waals surface area contributed by atoms with Crippen LogP contribution in [0.2, 0.25) is 0 Å². The SMILES string of the molecule is O=C(CSS(=O)(=O)O)Nc1cccc(C(F)(F)F)c1. The van der Waals surface area contributed by atoms with Gasteiger partial charge in [0.2, 0.25) is 5.91 Å². The number of amides is 1. The summed E-state index contributed by atoms with van der Waals surface area (Å²) in [7, 11) is -4.40. The van der Waals surface area contributed by atoms with Crippen molar-refractivity contribution in [1.82, 2.24) is 0 Å². The van der Waals surface area contributed by atoms with E-state index in [9.17, 15) is 26.4 Å². The first kappa shape index (κ1) is 15.8. The van der Waals surface area contributed by atoms with Gasteiger partial charge < -0.3 is 5.32 Å². The lowest BCUT2D eigenvalue weighted by Gasteiger charge is -2.09. The zero-order valence-electron chi connectivity index (χ0n) is 9.14. The van der Waals surface area contributed by atoms with Crippen LogP contribution in [0.25, 0.3) is 0 Å². The summed E-state index contributed by atoms with van der Waals surface area (Å²) in [5.74, 6) is -1.48. The fourth-order valence-electron chi connectivity index (χ4n) is 1.10. The molecule has 0 bridgehead atoms. The van der Waals surface area contributed by atoms with Gasteiger partial charge in [0.1, 0.15) is 0 Å². The highest BCUT2D eigenvalue weighted by molar-refractivity contribution is 8.70. The molecule has 0 aliphatic carbocycles. The van der Waals surface area contributed by atoms with E-state index in [2.05, 4.69) is 5.32 Å². The summed E-state index contributed by atoms with van der Waals surface area (Å²) < 4.78 is 66.3. The van der Waals surface area contributed by atoms with Gasteiger partial charge in [0, 0.05) is 16.5 Å². The molecule has 0 heterocycles. The average Bonchev–Trinajstić information content (AvgIpc) is 2.25. The predicted octanol–water partition coefficient (Wildman–Crippen LogP) is 2.18. The Morgan fingerprint density at radius 1 is 1.37 bits per heavy atom. The number of benzene rings is 1. The molecule has 2 N–H and O–H groups in total. The summed E-state index contributed by atoms with van der Waals surface area (Å²) in [5, 5.41) is 2.09. The quantitative estimate of drug-likeness (QED) is 0.657. The van der Waals surface area contributed by atoms with Gasteiger partial charge in [-0.2, -0.15) is 21.6 Å². The summed E-state index contributed by atoms with van der Waals surface area (Å²) >= 11 is 0.